The van der Waals surface area contributed by atoms with E-state index in [0.29, 0.717) is 0 Å². The van der Waals surface area contributed by atoms with Gasteiger partial charge in [0.25, 0.3) is 6.43 Å². The molecule has 0 radical (unpaired) electrons. The van der Waals surface area contributed by atoms with Gasteiger partial charge in [-0.05, 0) is 17.7 Å². The van der Waals surface area contributed by atoms with Crippen molar-refractivity contribution in [2.75, 3.05) is 0 Å². The molecule has 0 saturated heterocycles. The molecule has 1 aromatic carbocycles. The molecule has 2 rings (SSSR count). The second kappa shape index (κ2) is 4.91. The summed E-state index contributed by atoms with van der Waals surface area (Å²) in [5.74, 6) is -0.389. The van der Waals surface area contributed by atoms with E-state index in [9.17, 15) is 13.6 Å². The van der Waals surface area contributed by atoms with Crippen molar-refractivity contribution in [3.05, 3.63) is 34.3 Å². The van der Waals surface area contributed by atoms with Gasteiger partial charge in [0.1, 0.15) is 5.71 Å². The monoisotopic (exact) mass is 302 g/mol. The zero-order chi connectivity index (χ0) is 12.4. The van der Waals surface area contributed by atoms with Gasteiger partial charge in [-0.2, -0.15) is 5.10 Å². The van der Waals surface area contributed by atoms with Crippen LogP contribution in [0.2, 0.25) is 0 Å². The summed E-state index contributed by atoms with van der Waals surface area (Å²) >= 11 is 3.30. The minimum atomic E-state index is -2.66. The summed E-state index contributed by atoms with van der Waals surface area (Å²) < 4.78 is 25.6. The van der Waals surface area contributed by atoms with Crippen LogP contribution in [0.3, 0.4) is 0 Å². The fourth-order valence-electron chi connectivity index (χ4n) is 1.54. The van der Waals surface area contributed by atoms with Gasteiger partial charge in [0.2, 0.25) is 5.91 Å². The van der Waals surface area contributed by atoms with Crippen LogP contribution in [-0.2, 0) is 11.3 Å². The molecule has 0 aromatic heterocycles. The highest BCUT2D eigenvalue weighted by atomic mass is 79.9. The molecule has 0 N–H and O–H groups in total. The first kappa shape index (κ1) is 12.2. The Kier molecular flexibility index (Phi) is 3.51. The molecule has 1 aliphatic heterocycles. The molecule has 6 heteroatoms. The van der Waals surface area contributed by atoms with Crippen molar-refractivity contribution >= 4 is 27.5 Å². The first-order valence-electron chi connectivity index (χ1n) is 4.96. The van der Waals surface area contributed by atoms with Crippen molar-refractivity contribution in [2.24, 2.45) is 5.10 Å². The molecule has 0 fully saturated rings. The Morgan fingerprint density at radius 3 is 2.82 bits per heavy atom. The maximum Gasteiger partial charge on any atom is 0.278 e. The van der Waals surface area contributed by atoms with Gasteiger partial charge in [-0.25, -0.2) is 13.8 Å². The Labute approximate surface area is 105 Å². The van der Waals surface area contributed by atoms with Crippen molar-refractivity contribution in [3.8, 4) is 0 Å². The van der Waals surface area contributed by atoms with Gasteiger partial charge in [-0.3, -0.25) is 4.79 Å². The predicted octanol–water partition coefficient (Wildman–Crippen LogP) is 2.80. The third kappa shape index (κ3) is 2.88. The molecular weight excluding hydrogens is 294 g/mol. The summed E-state index contributed by atoms with van der Waals surface area (Å²) in [6.45, 7) is 0.217. The van der Waals surface area contributed by atoms with Crippen LogP contribution in [0.15, 0.2) is 33.8 Å². The first-order valence-corrected chi connectivity index (χ1v) is 5.76. The van der Waals surface area contributed by atoms with Crippen LogP contribution in [0, 0.1) is 0 Å². The highest BCUT2D eigenvalue weighted by molar-refractivity contribution is 9.10. The zero-order valence-electron chi connectivity index (χ0n) is 8.74. The van der Waals surface area contributed by atoms with Gasteiger partial charge in [-0.15, -0.1) is 0 Å². The van der Waals surface area contributed by atoms with E-state index in [4.69, 9.17) is 0 Å². The molecular formula is C11H9BrF2N2O. The molecule has 1 aromatic rings. The molecule has 0 aliphatic carbocycles. The molecule has 0 bridgehead atoms. The number of alkyl halides is 2. The molecule has 1 heterocycles. The van der Waals surface area contributed by atoms with Gasteiger partial charge in [0.05, 0.1) is 13.0 Å². The lowest BCUT2D eigenvalue weighted by molar-refractivity contribution is -0.129. The quantitative estimate of drug-likeness (QED) is 0.845. The van der Waals surface area contributed by atoms with E-state index in [2.05, 4.69) is 21.0 Å². The Balaban J connectivity index is 2.12. The summed E-state index contributed by atoms with van der Waals surface area (Å²) in [6, 6.07) is 7.30. The van der Waals surface area contributed by atoms with Crippen molar-refractivity contribution in [2.45, 2.75) is 19.4 Å². The molecule has 0 saturated carbocycles. The second-order valence-electron chi connectivity index (χ2n) is 3.65. The fourth-order valence-corrected chi connectivity index (χ4v) is 1.99. The largest absolute Gasteiger partial charge is 0.278 e. The lowest BCUT2D eigenvalue weighted by atomic mass is 10.2. The summed E-state index contributed by atoms with van der Waals surface area (Å²) in [5, 5.41) is 4.72. The Morgan fingerprint density at radius 1 is 1.47 bits per heavy atom. The standard InChI is InChI=1S/C11H9BrF2N2O/c12-8-3-1-2-7(4-8)6-16-10(17)5-9(15-16)11(13)14/h1-4,11H,5-6H2. The van der Waals surface area contributed by atoms with Crippen LogP contribution in [0.25, 0.3) is 0 Å². The van der Waals surface area contributed by atoms with Crippen LogP contribution in [-0.4, -0.2) is 23.1 Å². The summed E-state index contributed by atoms with van der Waals surface area (Å²) in [7, 11) is 0. The topological polar surface area (TPSA) is 32.7 Å². The molecule has 90 valence electrons. The number of carbonyl (C=O) groups is 1. The Morgan fingerprint density at radius 2 is 2.24 bits per heavy atom. The Hall–Kier alpha value is -1.30. The summed E-state index contributed by atoms with van der Waals surface area (Å²) in [6.07, 6.45) is -2.95. The number of rotatable bonds is 3. The molecule has 17 heavy (non-hydrogen) atoms. The normalized spacial score (nSPS) is 15.6. The number of hydrazone groups is 1. The number of hydrogen-bond acceptors (Lipinski definition) is 2. The van der Waals surface area contributed by atoms with Crippen LogP contribution in [0.5, 0.6) is 0 Å². The van der Waals surface area contributed by atoms with E-state index >= 15 is 0 Å². The minimum Gasteiger partial charge on any atom is -0.273 e. The lowest BCUT2D eigenvalue weighted by Crippen LogP contribution is -2.20. The van der Waals surface area contributed by atoms with Gasteiger partial charge < -0.3 is 0 Å². The van der Waals surface area contributed by atoms with E-state index in [-0.39, 0.29) is 24.6 Å². The smallest absolute Gasteiger partial charge is 0.273 e. The maximum absolute atomic E-state index is 12.4. The third-order valence-corrected chi connectivity index (χ3v) is 2.84. The predicted molar refractivity (Wildman–Crippen MR) is 62.7 cm³/mol. The number of hydrogen-bond donors (Lipinski definition) is 0. The average Bonchev–Trinajstić information content (AvgIpc) is 2.61. The van der Waals surface area contributed by atoms with Gasteiger partial charge in [-0.1, -0.05) is 28.1 Å². The number of benzene rings is 1. The van der Waals surface area contributed by atoms with Crippen LogP contribution in [0.1, 0.15) is 12.0 Å². The molecule has 1 aliphatic rings. The minimum absolute atomic E-state index is 0.217. The molecule has 0 unspecified atom stereocenters. The van der Waals surface area contributed by atoms with Gasteiger partial charge in [0, 0.05) is 4.47 Å². The molecule has 1 amide bonds. The van der Waals surface area contributed by atoms with Crippen molar-refractivity contribution in [3.63, 3.8) is 0 Å². The van der Waals surface area contributed by atoms with Crippen LogP contribution in [0.4, 0.5) is 8.78 Å². The van der Waals surface area contributed by atoms with E-state index in [1.54, 1.807) is 0 Å². The second-order valence-corrected chi connectivity index (χ2v) is 4.57. The Bertz CT molecular complexity index is 476. The molecule has 0 spiro atoms. The highest BCUT2D eigenvalue weighted by Gasteiger charge is 2.28. The van der Waals surface area contributed by atoms with E-state index < -0.39 is 6.43 Å². The van der Waals surface area contributed by atoms with E-state index in [1.807, 2.05) is 24.3 Å². The summed E-state index contributed by atoms with van der Waals surface area (Å²) in [5.41, 5.74) is 0.483. The fraction of sp³-hybridized carbons (Fsp3) is 0.273. The lowest BCUT2D eigenvalue weighted by Gasteiger charge is -2.11. The number of amides is 1. The number of nitrogens with zero attached hydrogens (tertiary/aromatic N) is 2. The van der Waals surface area contributed by atoms with Crippen molar-refractivity contribution in [1.82, 2.24) is 5.01 Å². The van der Waals surface area contributed by atoms with Crippen molar-refractivity contribution in [1.29, 1.82) is 0 Å². The average molecular weight is 303 g/mol. The zero-order valence-corrected chi connectivity index (χ0v) is 10.3. The van der Waals surface area contributed by atoms with E-state index in [1.165, 1.54) is 0 Å². The SMILES string of the molecule is O=C1CC(C(F)F)=NN1Cc1cccc(Br)c1. The summed E-state index contributed by atoms with van der Waals surface area (Å²) in [4.78, 5) is 11.4. The maximum atomic E-state index is 12.4. The molecule has 3 nitrogen and oxygen atoms in total. The first-order chi connectivity index (χ1) is 8.06. The van der Waals surface area contributed by atoms with Crippen LogP contribution >= 0.6 is 15.9 Å². The highest BCUT2D eigenvalue weighted by Crippen LogP contribution is 2.18. The number of halogens is 3. The third-order valence-electron chi connectivity index (χ3n) is 2.34. The van der Waals surface area contributed by atoms with Gasteiger partial charge >= 0.3 is 0 Å². The molecule has 0 atom stereocenters. The van der Waals surface area contributed by atoms with Crippen LogP contribution < -0.4 is 0 Å². The van der Waals surface area contributed by atoms with Gasteiger partial charge in [0.15, 0.2) is 0 Å². The number of carbonyl (C=O) groups excluding carboxylic acids is 1. The van der Waals surface area contributed by atoms with Crippen molar-refractivity contribution < 1.29 is 13.6 Å². The van der Waals surface area contributed by atoms with E-state index in [0.717, 1.165) is 15.0 Å².